The van der Waals surface area contributed by atoms with Gasteiger partial charge in [0, 0.05) is 33.0 Å². The standard InChI is InChI=1S/C20H26N2O4S/c1-22(2)27(24,25)14-13-21-20(23)15-19(16-7-5-4-6-8-16)17-9-11-18(26-3)12-10-17/h4-12,19H,13-15H2,1-3H3,(H,21,23). The summed E-state index contributed by atoms with van der Waals surface area (Å²) in [5.41, 5.74) is 2.02. The van der Waals surface area contributed by atoms with Crippen molar-refractivity contribution in [3.8, 4) is 5.75 Å². The number of nitrogens with one attached hydrogen (secondary N) is 1. The number of nitrogens with zero attached hydrogens (tertiary/aromatic N) is 1. The molecule has 0 radical (unpaired) electrons. The molecule has 0 aliphatic carbocycles. The first-order chi connectivity index (χ1) is 12.8. The van der Waals surface area contributed by atoms with Gasteiger partial charge in [0.05, 0.1) is 12.9 Å². The van der Waals surface area contributed by atoms with Crippen molar-refractivity contribution < 1.29 is 17.9 Å². The van der Waals surface area contributed by atoms with Gasteiger partial charge in [-0.1, -0.05) is 42.5 Å². The Morgan fingerprint density at radius 3 is 2.19 bits per heavy atom. The van der Waals surface area contributed by atoms with Gasteiger partial charge in [-0.2, -0.15) is 0 Å². The Hall–Kier alpha value is -2.38. The summed E-state index contributed by atoms with van der Waals surface area (Å²) in [4.78, 5) is 12.4. The Labute approximate surface area is 161 Å². The molecule has 1 atom stereocenters. The number of methoxy groups -OCH3 is 1. The van der Waals surface area contributed by atoms with Crippen molar-refractivity contribution in [2.24, 2.45) is 0 Å². The Balaban J connectivity index is 2.09. The summed E-state index contributed by atoms with van der Waals surface area (Å²) in [6.45, 7) is 0.0868. The monoisotopic (exact) mass is 390 g/mol. The summed E-state index contributed by atoms with van der Waals surface area (Å²) in [6, 6.07) is 17.4. The summed E-state index contributed by atoms with van der Waals surface area (Å²) < 4.78 is 30.0. The van der Waals surface area contributed by atoms with Crippen molar-refractivity contribution in [3.63, 3.8) is 0 Å². The van der Waals surface area contributed by atoms with Gasteiger partial charge in [0.25, 0.3) is 0 Å². The Morgan fingerprint density at radius 1 is 1.04 bits per heavy atom. The van der Waals surface area contributed by atoms with E-state index in [1.54, 1.807) is 7.11 Å². The van der Waals surface area contributed by atoms with E-state index in [-0.39, 0.29) is 30.5 Å². The highest BCUT2D eigenvalue weighted by Gasteiger charge is 2.19. The second-order valence-corrected chi connectivity index (χ2v) is 8.69. The number of ether oxygens (including phenoxy) is 1. The largest absolute Gasteiger partial charge is 0.497 e. The van der Waals surface area contributed by atoms with Crippen LogP contribution in [-0.4, -0.2) is 52.1 Å². The average molecular weight is 391 g/mol. The van der Waals surface area contributed by atoms with Crippen molar-refractivity contribution in [1.82, 2.24) is 9.62 Å². The van der Waals surface area contributed by atoms with E-state index in [1.807, 2.05) is 54.6 Å². The van der Waals surface area contributed by atoms with Crippen LogP contribution in [0.2, 0.25) is 0 Å². The maximum absolute atomic E-state index is 12.4. The summed E-state index contributed by atoms with van der Waals surface area (Å²) in [7, 11) is 1.24. The topological polar surface area (TPSA) is 75.7 Å². The molecule has 0 saturated carbocycles. The van der Waals surface area contributed by atoms with Gasteiger partial charge in [-0.25, -0.2) is 12.7 Å². The van der Waals surface area contributed by atoms with Gasteiger partial charge in [0.1, 0.15) is 5.75 Å². The third-order valence-corrected chi connectivity index (χ3v) is 6.18. The van der Waals surface area contributed by atoms with Crippen LogP contribution in [0.15, 0.2) is 54.6 Å². The van der Waals surface area contributed by atoms with Crippen LogP contribution in [0.5, 0.6) is 5.75 Å². The van der Waals surface area contributed by atoms with Crippen LogP contribution in [0.1, 0.15) is 23.5 Å². The van der Waals surface area contributed by atoms with Crippen molar-refractivity contribution in [2.45, 2.75) is 12.3 Å². The minimum Gasteiger partial charge on any atom is -0.497 e. The molecule has 0 saturated heterocycles. The molecule has 0 aromatic heterocycles. The third-order valence-electron chi connectivity index (χ3n) is 4.35. The molecule has 2 rings (SSSR count). The first kappa shape index (κ1) is 20.9. The van der Waals surface area contributed by atoms with Crippen LogP contribution in [0.25, 0.3) is 0 Å². The van der Waals surface area contributed by atoms with Gasteiger partial charge in [-0.05, 0) is 23.3 Å². The van der Waals surface area contributed by atoms with Crippen LogP contribution < -0.4 is 10.1 Å². The van der Waals surface area contributed by atoms with E-state index < -0.39 is 10.0 Å². The summed E-state index contributed by atoms with van der Waals surface area (Å²) in [5.74, 6) is 0.324. The fourth-order valence-corrected chi connectivity index (χ4v) is 3.43. The van der Waals surface area contributed by atoms with E-state index in [0.29, 0.717) is 0 Å². The Kier molecular flexibility index (Phi) is 7.38. The molecule has 0 spiro atoms. The lowest BCUT2D eigenvalue weighted by atomic mass is 9.88. The lowest BCUT2D eigenvalue weighted by molar-refractivity contribution is -0.121. The van der Waals surface area contributed by atoms with Crippen LogP contribution in [0.4, 0.5) is 0 Å². The average Bonchev–Trinajstić information content (AvgIpc) is 2.66. The van der Waals surface area contributed by atoms with E-state index >= 15 is 0 Å². The number of hydrogen-bond acceptors (Lipinski definition) is 4. The molecule has 0 fully saturated rings. The first-order valence-electron chi connectivity index (χ1n) is 8.69. The minimum absolute atomic E-state index is 0.0868. The van der Waals surface area contributed by atoms with Gasteiger partial charge in [-0.3, -0.25) is 4.79 Å². The maximum atomic E-state index is 12.4. The molecule has 1 N–H and O–H groups in total. The van der Waals surface area contributed by atoms with E-state index in [0.717, 1.165) is 21.2 Å². The zero-order chi connectivity index (χ0) is 19.9. The molecular weight excluding hydrogens is 364 g/mol. The Bertz CT molecular complexity index is 834. The molecular formula is C20H26N2O4S. The first-order valence-corrected chi connectivity index (χ1v) is 10.3. The second kappa shape index (κ2) is 9.53. The third kappa shape index (κ3) is 6.08. The van der Waals surface area contributed by atoms with Crippen LogP contribution in [0, 0.1) is 0 Å². The van der Waals surface area contributed by atoms with E-state index in [4.69, 9.17) is 4.74 Å². The van der Waals surface area contributed by atoms with Crippen LogP contribution in [0.3, 0.4) is 0 Å². The molecule has 0 heterocycles. The number of benzene rings is 2. The summed E-state index contributed by atoms with van der Waals surface area (Å²) >= 11 is 0. The molecule has 1 unspecified atom stereocenters. The quantitative estimate of drug-likeness (QED) is 0.712. The van der Waals surface area contributed by atoms with Crippen molar-refractivity contribution in [2.75, 3.05) is 33.5 Å². The van der Waals surface area contributed by atoms with E-state index in [1.165, 1.54) is 14.1 Å². The molecule has 6 nitrogen and oxygen atoms in total. The molecule has 7 heteroatoms. The summed E-state index contributed by atoms with van der Waals surface area (Å²) in [6.07, 6.45) is 0.234. The van der Waals surface area contributed by atoms with E-state index in [9.17, 15) is 13.2 Å². The van der Waals surface area contributed by atoms with E-state index in [2.05, 4.69) is 5.32 Å². The molecule has 27 heavy (non-hydrogen) atoms. The minimum atomic E-state index is -3.33. The van der Waals surface area contributed by atoms with Crippen LogP contribution in [-0.2, 0) is 14.8 Å². The van der Waals surface area contributed by atoms with Gasteiger partial charge in [-0.15, -0.1) is 0 Å². The fraction of sp³-hybridized carbons (Fsp3) is 0.350. The molecule has 0 aliphatic heterocycles. The molecule has 146 valence electrons. The molecule has 0 aliphatic rings. The van der Waals surface area contributed by atoms with Gasteiger partial charge >= 0.3 is 0 Å². The van der Waals surface area contributed by atoms with Crippen LogP contribution >= 0.6 is 0 Å². The predicted octanol–water partition coefficient (Wildman–Crippen LogP) is 2.22. The van der Waals surface area contributed by atoms with Crippen molar-refractivity contribution in [1.29, 1.82) is 0 Å². The van der Waals surface area contributed by atoms with Gasteiger partial charge < -0.3 is 10.1 Å². The molecule has 1 amide bonds. The normalized spacial score (nSPS) is 12.6. The molecule has 2 aromatic rings. The fourth-order valence-electron chi connectivity index (χ4n) is 2.71. The number of carbonyl (C=O) groups is 1. The molecule has 0 bridgehead atoms. The lowest BCUT2D eigenvalue weighted by Crippen LogP contribution is -2.34. The van der Waals surface area contributed by atoms with Crippen molar-refractivity contribution >= 4 is 15.9 Å². The maximum Gasteiger partial charge on any atom is 0.220 e. The molecule has 2 aromatic carbocycles. The van der Waals surface area contributed by atoms with Gasteiger partial charge in [0.15, 0.2) is 0 Å². The SMILES string of the molecule is COc1ccc(C(CC(=O)NCCS(=O)(=O)N(C)C)c2ccccc2)cc1. The number of amides is 1. The number of carbonyl (C=O) groups excluding carboxylic acids is 1. The zero-order valence-electron chi connectivity index (χ0n) is 15.9. The zero-order valence-corrected chi connectivity index (χ0v) is 16.7. The lowest BCUT2D eigenvalue weighted by Gasteiger charge is -2.18. The number of hydrogen-bond donors (Lipinski definition) is 1. The number of rotatable bonds is 9. The number of sulfonamides is 1. The Morgan fingerprint density at radius 2 is 1.63 bits per heavy atom. The predicted molar refractivity (Wildman–Crippen MR) is 106 cm³/mol. The smallest absolute Gasteiger partial charge is 0.220 e. The second-order valence-electron chi connectivity index (χ2n) is 6.39. The highest BCUT2D eigenvalue weighted by Crippen LogP contribution is 2.29. The summed E-state index contributed by atoms with van der Waals surface area (Å²) in [5, 5.41) is 2.72. The highest BCUT2D eigenvalue weighted by atomic mass is 32.2. The van der Waals surface area contributed by atoms with Gasteiger partial charge in [0.2, 0.25) is 15.9 Å². The highest BCUT2D eigenvalue weighted by molar-refractivity contribution is 7.89. The van der Waals surface area contributed by atoms with Crippen molar-refractivity contribution in [3.05, 3.63) is 65.7 Å².